The van der Waals surface area contributed by atoms with E-state index in [1.165, 1.54) is 18.0 Å². The lowest BCUT2D eigenvalue weighted by molar-refractivity contribution is -0.119. The molecule has 29 heavy (non-hydrogen) atoms. The van der Waals surface area contributed by atoms with Crippen molar-refractivity contribution in [3.05, 3.63) is 28.0 Å². The van der Waals surface area contributed by atoms with Gasteiger partial charge in [0.1, 0.15) is 11.9 Å². The van der Waals surface area contributed by atoms with Crippen molar-refractivity contribution in [2.45, 2.75) is 58.4 Å². The number of carbonyl (C=O) groups excluding carboxylic acids is 2. The quantitative estimate of drug-likeness (QED) is 0.743. The topological polar surface area (TPSA) is 90.0 Å². The Hall–Kier alpha value is -2.35. The van der Waals surface area contributed by atoms with Crippen LogP contribution in [0.25, 0.3) is 0 Å². The SMILES string of the molecule is CN(C(=O)[C@@H]1CN(C(=O)O)C(=O)N1)c1cc(F)c(C(C)(C)C)c(Cl)c1C(C)(C)C. The van der Waals surface area contributed by atoms with Gasteiger partial charge in [-0.3, -0.25) is 4.79 Å². The van der Waals surface area contributed by atoms with E-state index in [4.69, 9.17) is 16.7 Å². The minimum absolute atomic E-state index is 0.252. The molecule has 0 aliphatic carbocycles. The van der Waals surface area contributed by atoms with Gasteiger partial charge in [-0.1, -0.05) is 53.1 Å². The van der Waals surface area contributed by atoms with Gasteiger partial charge in [0.05, 0.1) is 17.3 Å². The van der Waals surface area contributed by atoms with E-state index in [9.17, 15) is 14.4 Å². The van der Waals surface area contributed by atoms with Gasteiger partial charge >= 0.3 is 12.1 Å². The van der Waals surface area contributed by atoms with E-state index in [2.05, 4.69) is 5.32 Å². The molecule has 9 heteroatoms. The fourth-order valence-electron chi connectivity index (χ4n) is 3.47. The van der Waals surface area contributed by atoms with E-state index in [-0.39, 0.29) is 17.3 Å². The highest BCUT2D eigenvalue weighted by molar-refractivity contribution is 6.33. The average molecular weight is 428 g/mol. The van der Waals surface area contributed by atoms with Crippen LogP contribution in [-0.2, 0) is 15.6 Å². The summed E-state index contributed by atoms with van der Waals surface area (Å²) in [7, 11) is 1.45. The van der Waals surface area contributed by atoms with E-state index in [0.29, 0.717) is 16.0 Å². The number of rotatable bonds is 2. The predicted molar refractivity (Wildman–Crippen MR) is 109 cm³/mol. The third-order valence-electron chi connectivity index (χ3n) is 4.83. The molecule has 2 rings (SSSR count). The molecule has 0 radical (unpaired) electrons. The molecular weight excluding hydrogens is 401 g/mol. The van der Waals surface area contributed by atoms with Crippen molar-refractivity contribution in [3.63, 3.8) is 0 Å². The minimum Gasteiger partial charge on any atom is -0.465 e. The monoisotopic (exact) mass is 427 g/mol. The van der Waals surface area contributed by atoms with E-state index >= 15 is 4.39 Å². The summed E-state index contributed by atoms with van der Waals surface area (Å²) in [5.74, 6) is -1.10. The van der Waals surface area contributed by atoms with E-state index < -0.39 is 40.7 Å². The molecule has 2 N–H and O–H groups in total. The second-order valence-electron chi connectivity index (χ2n) is 9.23. The molecule has 4 amide bonds. The van der Waals surface area contributed by atoms with Gasteiger partial charge in [0.15, 0.2) is 0 Å². The predicted octanol–water partition coefficient (Wildman–Crippen LogP) is 4.11. The Kier molecular flexibility index (Phi) is 5.91. The Morgan fingerprint density at radius 1 is 1.21 bits per heavy atom. The number of imide groups is 1. The highest BCUT2D eigenvalue weighted by atomic mass is 35.5. The normalized spacial score (nSPS) is 17.3. The first-order valence-corrected chi connectivity index (χ1v) is 9.56. The Labute approximate surface area is 174 Å². The number of nitrogens with zero attached hydrogens (tertiary/aromatic N) is 2. The van der Waals surface area contributed by atoms with Crippen LogP contribution in [0.5, 0.6) is 0 Å². The maximum atomic E-state index is 15.0. The Morgan fingerprint density at radius 3 is 2.14 bits per heavy atom. The molecule has 0 aromatic heterocycles. The molecule has 0 saturated carbocycles. The second kappa shape index (κ2) is 7.48. The van der Waals surface area contributed by atoms with Gasteiger partial charge in [0.25, 0.3) is 5.91 Å². The van der Waals surface area contributed by atoms with Gasteiger partial charge in [-0.2, -0.15) is 0 Å². The zero-order valence-electron chi connectivity index (χ0n) is 17.7. The molecular formula is C20H27ClFN3O4. The minimum atomic E-state index is -1.44. The van der Waals surface area contributed by atoms with Gasteiger partial charge in [0.2, 0.25) is 0 Å². The summed E-state index contributed by atoms with van der Waals surface area (Å²) in [6, 6.07) is -0.662. The highest BCUT2D eigenvalue weighted by Crippen LogP contribution is 2.44. The molecule has 1 atom stereocenters. The number of anilines is 1. The van der Waals surface area contributed by atoms with Crippen molar-refractivity contribution < 1.29 is 23.9 Å². The summed E-state index contributed by atoms with van der Waals surface area (Å²) in [5, 5.41) is 11.6. The summed E-state index contributed by atoms with van der Waals surface area (Å²) < 4.78 is 15.0. The van der Waals surface area contributed by atoms with Crippen LogP contribution < -0.4 is 10.2 Å². The number of benzene rings is 1. The summed E-state index contributed by atoms with van der Waals surface area (Å²) in [6.45, 7) is 11.0. The Balaban J connectivity index is 2.55. The molecule has 0 spiro atoms. The first-order chi connectivity index (χ1) is 13.1. The van der Waals surface area contributed by atoms with Gasteiger partial charge in [-0.05, 0) is 16.9 Å². The number of carbonyl (C=O) groups is 3. The summed E-state index contributed by atoms with van der Waals surface area (Å²) in [4.78, 5) is 37.6. The Bertz CT molecular complexity index is 874. The molecule has 0 unspecified atom stereocenters. The molecule has 1 saturated heterocycles. The van der Waals surface area contributed by atoms with Crippen molar-refractivity contribution in [2.24, 2.45) is 0 Å². The van der Waals surface area contributed by atoms with E-state index in [1.54, 1.807) is 0 Å². The van der Waals surface area contributed by atoms with Crippen LogP contribution in [0.2, 0.25) is 5.02 Å². The smallest absolute Gasteiger partial charge is 0.415 e. The number of hydrogen-bond donors (Lipinski definition) is 2. The largest absolute Gasteiger partial charge is 0.465 e. The van der Waals surface area contributed by atoms with Crippen LogP contribution in [0, 0.1) is 5.82 Å². The molecule has 1 aromatic rings. The van der Waals surface area contributed by atoms with Gasteiger partial charge < -0.3 is 15.3 Å². The lowest BCUT2D eigenvalue weighted by atomic mass is 9.79. The second-order valence-corrected chi connectivity index (χ2v) is 9.61. The summed E-state index contributed by atoms with van der Waals surface area (Å²) in [6.07, 6.45) is -1.44. The molecule has 1 aromatic carbocycles. The van der Waals surface area contributed by atoms with Crippen LogP contribution >= 0.6 is 11.6 Å². The zero-order chi connectivity index (χ0) is 22.5. The van der Waals surface area contributed by atoms with E-state index in [0.717, 1.165) is 0 Å². The first-order valence-electron chi connectivity index (χ1n) is 9.18. The number of likely N-dealkylation sites (N-methyl/N-ethyl adjacent to an activating group) is 1. The maximum absolute atomic E-state index is 15.0. The number of hydrogen-bond acceptors (Lipinski definition) is 3. The fraction of sp³-hybridized carbons (Fsp3) is 0.550. The molecule has 1 fully saturated rings. The summed E-state index contributed by atoms with van der Waals surface area (Å²) >= 11 is 6.65. The fourth-order valence-corrected chi connectivity index (χ4v) is 4.22. The van der Waals surface area contributed by atoms with Gasteiger partial charge in [-0.25, -0.2) is 18.9 Å². The number of carboxylic acid groups (broad SMARTS) is 1. The van der Waals surface area contributed by atoms with Crippen molar-refractivity contribution in [2.75, 3.05) is 18.5 Å². The van der Waals surface area contributed by atoms with E-state index in [1.807, 2.05) is 41.5 Å². The zero-order valence-corrected chi connectivity index (χ0v) is 18.4. The average Bonchev–Trinajstić information content (AvgIpc) is 2.92. The van der Waals surface area contributed by atoms with Crippen molar-refractivity contribution in [1.82, 2.24) is 10.2 Å². The lowest BCUT2D eigenvalue weighted by Crippen LogP contribution is -2.44. The first kappa shape index (κ1) is 22.9. The van der Waals surface area contributed by atoms with Crippen molar-refractivity contribution >= 4 is 35.3 Å². The third kappa shape index (κ3) is 4.32. The summed E-state index contributed by atoms with van der Waals surface area (Å²) in [5.41, 5.74) is 0.173. The number of urea groups is 1. The highest BCUT2D eigenvalue weighted by Gasteiger charge is 2.40. The Morgan fingerprint density at radius 2 is 1.72 bits per heavy atom. The molecule has 1 aliphatic rings. The van der Waals surface area contributed by atoms with Crippen LogP contribution in [0.3, 0.4) is 0 Å². The third-order valence-corrected chi connectivity index (χ3v) is 5.20. The van der Waals surface area contributed by atoms with Crippen molar-refractivity contribution in [3.8, 4) is 0 Å². The van der Waals surface area contributed by atoms with Gasteiger partial charge in [-0.15, -0.1) is 0 Å². The molecule has 0 bridgehead atoms. The maximum Gasteiger partial charge on any atom is 0.415 e. The van der Waals surface area contributed by atoms with Crippen LogP contribution in [0.15, 0.2) is 6.07 Å². The molecule has 160 valence electrons. The molecule has 7 nitrogen and oxygen atoms in total. The number of amides is 4. The van der Waals surface area contributed by atoms with Gasteiger partial charge in [0, 0.05) is 18.2 Å². The molecule has 1 aliphatic heterocycles. The van der Waals surface area contributed by atoms with Crippen molar-refractivity contribution in [1.29, 1.82) is 0 Å². The number of halogens is 2. The number of nitrogens with one attached hydrogen (secondary N) is 1. The van der Waals surface area contributed by atoms with Crippen LogP contribution in [-0.4, -0.2) is 47.7 Å². The van der Waals surface area contributed by atoms with Crippen LogP contribution in [0.4, 0.5) is 19.7 Å². The standard InChI is InChI=1S/C20H27ClFN3O4/c1-19(2,3)13-10(22)8-12(14(15(13)21)20(4,5)6)24(7)16(26)11-9-25(18(28)29)17(27)23-11/h8,11H,9H2,1-7H3,(H,23,27)(H,28,29)/t11-/m0/s1. The lowest BCUT2D eigenvalue weighted by Gasteiger charge is -2.33. The van der Waals surface area contributed by atoms with Crippen LogP contribution in [0.1, 0.15) is 52.7 Å². The molecule has 1 heterocycles.